The molecule has 0 heterocycles. The molecule has 1 unspecified atom stereocenters. The zero-order valence-corrected chi connectivity index (χ0v) is 12.0. The van der Waals surface area contributed by atoms with Gasteiger partial charge in [0.05, 0.1) is 6.42 Å². The van der Waals surface area contributed by atoms with Gasteiger partial charge in [0.25, 0.3) is 0 Å². The summed E-state index contributed by atoms with van der Waals surface area (Å²) >= 11 is 1.85. The lowest BCUT2D eigenvalue weighted by Gasteiger charge is -2.24. The molecular formula is C14H21NO2S. The van der Waals surface area contributed by atoms with Crippen molar-refractivity contribution < 1.29 is 9.90 Å². The number of aliphatic carboxylic acids is 1. The fraction of sp³-hybridized carbons (Fsp3) is 0.500. The number of hydrogen-bond acceptors (Lipinski definition) is 3. The first kappa shape index (κ1) is 15.1. The molecule has 0 aliphatic heterocycles. The smallest absolute Gasteiger partial charge is 0.307 e. The summed E-state index contributed by atoms with van der Waals surface area (Å²) in [5.41, 5.74) is 2.07. The first-order chi connectivity index (χ1) is 8.52. The van der Waals surface area contributed by atoms with Crippen LogP contribution in [-0.2, 0) is 17.8 Å². The molecule has 0 aliphatic rings. The van der Waals surface area contributed by atoms with Crippen molar-refractivity contribution in [3.05, 3.63) is 35.4 Å². The minimum absolute atomic E-state index is 0.0962. The minimum atomic E-state index is -0.784. The Kier molecular flexibility index (Phi) is 6.22. The lowest BCUT2D eigenvalue weighted by molar-refractivity contribution is -0.136. The molecule has 0 amide bonds. The lowest BCUT2D eigenvalue weighted by Crippen LogP contribution is -2.30. The third kappa shape index (κ3) is 5.10. The summed E-state index contributed by atoms with van der Waals surface area (Å²) in [5.74, 6) is 0.335. The first-order valence-corrected chi connectivity index (χ1v) is 7.41. The SMILES string of the molecule is CSCC(C)N(C)Cc1ccc(CC(=O)O)cc1. The fourth-order valence-corrected chi connectivity index (χ4v) is 2.49. The van der Waals surface area contributed by atoms with Crippen molar-refractivity contribution in [2.45, 2.75) is 25.9 Å². The highest BCUT2D eigenvalue weighted by Gasteiger charge is 2.09. The van der Waals surface area contributed by atoms with E-state index < -0.39 is 5.97 Å². The van der Waals surface area contributed by atoms with Gasteiger partial charge in [-0.1, -0.05) is 24.3 Å². The maximum Gasteiger partial charge on any atom is 0.307 e. The Labute approximate surface area is 113 Å². The predicted octanol–water partition coefficient (Wildman–Crippen LogP) is 2.50. The standard InChI is InChI=1S/C14H21NO2S/c1-11(10-18-3)15(2)9-13-6-4-12(5-7-13)8-14(16)17/h4-7,11H,8-10H2,1-3H3,(H,16,17). The van der Waals surface area contributed by atoms with Crippen molar-refractivity contribution in [2.75, 3.05) is 19.1 Å². The predicted molar refractivity (Wildman–Crippen MR) is 77.1 cm³/mol. The Hall–Kier alpha value is -1.00. The van der Waals surface area contributed by atoms with Gasteiger partial charge < -0.3 is 5.11 Å². The molecule has 0 fully saturated rings. The van der Waals surface area contributed by atoms with E-state index in [0.29, 0.717) is 6.04 Å². The average Bonchev–Trinajstić information content (AvgIpc) is 2.31. The maximum absolute atomic E-state index is 10.6. The van der Waals surface area contributed by atoms with E-state index in [9.17, 15) is 4.79 Å². The number of thioether (sulfide) groups is 1. The number of carboxylic acids is 1. The molecule has 0 aromatic heterocycles. The monoisotopic (exact) mass is 267 g/mol. The van der Waals surface area contributed by atoms with Gasteiger partial charge in [-0.2, -0.15) is 11.8 Å². The lowest BCUT2D eigenvalue weighted by atomic mass is 10.1. The molecular weight excluding hydrogens is 246 g/mol. The number of hydrogen-bond donors (Lipinski definition) is 1. The highest BCUT2D eigenvalue weighted by atomic mass is 32.2. The third-order valence-electron chi connectivity index (χ3n) is 2.97. The van der Waals surface area contributed by atoms with Gasteiger partial charge in [0, 0.05) is 18.3 Å². The number of carbonyl (C=O) groups is 1. The fourth-order valence-electron chi connectivity index (χ4n) is 1.75. The van der Waals surface area contributed by atoms with Crippen molar-refractivity contribution >= 4 is 17.7 Å². The largest absolute Gasteiger partial charge is 0.481 e. The Morgan fingerprint density at radius 2 is 1.89 bits per heavy atom. The molecule has 1 aromatic rings. The number of benzene rings is 1. The van der Waals surface area contributed by atoms with Crippen LogP contribution >= 0.6 is 11.8 Å². The molecule has 0 spiro atoms. The van der Waals surface area contributed by atoms with E-state index >= 15 is 0 Å². The van der Waals surface area contributed by atoms with Crippen LogP contribution in [0.4, 0.5) is 0 Å². The molecule has 1 rings (SSSR count). The highest BCUT2D eigenvalue weighted by molar-refractivity contribution is 7.98. The summed E-state index contributed by atoms with van der Waals surface area (Å²) in [6.07, 6.45) is 2.21. The van der Waals surface area contributed by atoms with Crippen LogP contribution in [0.25, 0.3) is 0 Å². The minimum Gasteiger partial charge on any atom is -0.481 e. The first-order valence-electron chi connectivity index (χ1n) is 6.01. The summed E-state index contributed by atoms with van der Waals surface area (Å²) in [4.78, 5) is 12.9. The molecule has 0 saturated heterocycles. The van der Waals surface area contributed by atoms with Gasteiger partial charge in [0.2, 0.25) is 0 Å². The third-order valence-corrected chi connectivity index (χ3v) is 3.79. The van der Waals surface area contributed by atoms with E-state index in [1.807, 2.05) is 36.0 Å². The second-order valence-electron chi connectivity index (χ2n) is 4.61. The highest BCUT2D eigenvalue weighted by Crippen LogP contribution is 2.11. The molecule has 0 radical (unpaired) electrons. The van der Waals surface area contributed by atoms with Crippen LogP contribution in [0.15, 0.2) is 24.3 Å². The topological polar surface area (TPSA) is 40.5 Å². The Bertz CT molecular complexity index is 378. The second kappa shape index (κ2) is 7.44. The number of nitrogens with zero attached hydrogens (tertiary/aromatic N) is 1. The van der Waals surface area contributed by atoms with Crippen molar-refractivity contribution in [3.8, 4) is 0 Å². The summed E-state index contributed by atoms with van der Waals surface area (Å²) in [5, 5.41) is 8.70. The molecule has 1 atom stereocenters. The van der Waals surface area contributed by atoms with Crippen LogP contribution < -0.4 is 0 Å². The summed E-state index contributed by atoms with van der Waals surface area (Å²) in [7, 11) is 2.12. The van der Waals surface area contributed by atoms with E-state index in [-0.39, 0.29) is 6.42 Å². The molecule has 4 heteroatoms. The molecule has 0 saturated carbocycles. The Balaban J connectivity index is 2.55. The van der Waals surface area contributed by atoms with Gasteiger partial charge in [0.1, 0.15) is 0 Å². The molecule has 1 aromatic carbocycles. The molecule has 1 N–H and O–H groups in total. The zero-order chi connectivity index (χ0) is 13.5. The van der Waals surface area contributed by atoms with Gasteiger partial charge in [-0.15, -0.1) is 0 Å². The van der Waals surface area contributed by atoms with E-state index in [0.717, 1.165) is 17.9 Å². The summed E-state index contributed by atoms with van der Waals surface area (Å²) in [6.45, 7) is 3.12. The molecule has 0 aliphatic carbocycles. The van der Waals surface area contributed by atoms with Crippen LogP contribution in [0.1, 0.15) is 18.1 Å². The zero-order valence-electron chi connectivity index (χ0n) is 11.2. The van der Waals surface area contributed by atoms with Crippen LogP contribution in [0.2, 0.25) is 0 Å². The average molecular weight is 267 g/mol. The maximum atomic E-state index is 10.6. The van der Waals surface area contributed by atoms with Gasteiger partial charge in [0.15, 0.2) is 0 Å². The summed E-state index contributed by atoms with van der Waals surface area (Å²) in [6, 6.07) is 8.37. The molecule has 3 nitrogen and oxygen atoms in total. The van der Waals surface area contributed by atoms with Crippen molar-refractivity contribution in [1.82, 2.24) is 4.90 Å². The van der Waals surface area contributed by atoms with Crippen molar-refractivity contribution in [3.63, 3.8) is 0 Å². The second-order valence-corrected chi connectivity index (χ2v) is 5.52. The molecule has 18 heavy (non-hydrogen) atoms. The van der Waals surface area contributed by atoms with Crippen LogP contribution in [0.5, 0.6) is 0 Å². The number of rotatable bonds is 7. The van der Waals surface area contributed by atoms with E-state index in [1.54, 1.807) is 0 Å². The van der Waals surface area contributed by atoms with E-state index in [2.05, 4.69) is 25.1 Å². The van der Waals surface area contributed by atoms with E-state index in [4.69, 9.17) is 5.11 Å². The van der Waals surface area contributed by atoms with Crippen LogP contribution in [-0.4, -0.2) is 41.1 Å². The van der Waals surface area contributed by atoms with Gasteiger partial charge in [-0.05, 0) is 31.4 Å². The van der Waals surface area contributed by atoms with Gasteiger partial charge >= 0.3 is 5.97 Å². The Morgan fingerprint density at radius 1 is 1.33 bits per heavy atom. The van der Waals surface area contributed by atoms with E-state index in [1.165, 1.54) is 5.56 Å². The molecule has 0 bridgehead atoms. The number of carboxylic acid groups (broad SMARTS) is 1. The van der Waals surface area contributed by atoms with Gasteiger partial charge in [-0.3, -0.25) is 9.69 Å². The van der Waals surface area contributed by atoms with Gasteiger partial charge in [-0.25, -0.2) is 0 Å². The quantitative estimate of drug-likeness (QED) is 0.824. The summed E-state index contributed by atoms with van der Waals surface area (Å²) < 4.78 is 0. The van der Waals surface area contributed by atoms with Crippen molar-refractivity contribution in [2.24, 2.45) is 0 Å². The normalized spacial score (nSPS) is 12.7. The van der Waals surface area contributed by atoms with Crippen LogP contribution in [0, 0.1) is 0 Å². The Morgan fingerprint density at radius 3 is 2.39 bits per heavy atom. The van der Waals surface area contributed by atoms with Crippen molar-refractivity contribution in [1.29, 1.82) is 0 Å². The molecule has 100 valence electrons. The van der Waals surface area contributed by atoms with Crippen LogP contribution in [0.3, 0.4) is 0 Å².